The average molecular weight is 506 g/mol. The molecule has 0 bridgehead atoms. The molecule has 192 valence electrons. The summed E-state index contributed by atoms with van der Waals surface area (Å²) in [5.74, 6) is 2.16. The Labute approximate surface area is 219 Å². The van der Waals surface area contributed by atoms with Crippen molar-refractivity contribution in [2.45, 2.75) is 65.8 Å². The molecule has 0 atom stereocenters. The summed E-state index contributed by atoms with van der Waals surface area (Å²) in [5, 5.41) is 1.27. The van der Waals surface area contributed by atoms with Crippen molar-refractivity contribution in [3.63, 3.8) is 0 Å². The summed E-state index contributed by atoms with van der Waals surface area (Å²) in [7, 11) is 0. The number of carbonyl (C=O) groups excluding carboxylic acids is 1. The van der Waals surface area contributed by atoms with E-state index in [1.54, 1.807) is 0 Å². The average Bonchev–Trinajstić information content (AvgIpc) is 3.25. The van der Waals surface area contributed by atoms with Crippen LogP contribution >= 0.6 is 11.3 Å². The summed E-state index contributed by atoms with van der Waals surface area (Å²) in [5.41, 5.74) is 3.57. The second-order valence-corrected chi connectivity index (χ2v) is 12.2. The van der Waals surface area contributed by atoms with Crippen LogP contribution in [0.15, 0.2) is 24.3 Å². The SMILES string of the molecule is CCCc1nc(N2CCN(C(=O)c3ccc(C(C)(C)C)cc3)CC2)c2c3c(sc2n1)CN(CC)CC3. The van der Waals surface area contributed by atoms with E-state index in [9.17, 15) is 4.79 Å². The van der Waals surface area contributed by atoms with Crippen molar-refractivity contribution < 1.29 is 4.79 Å². The molecule has 7 heteroatoms. The molecule has 6 nitrogen and oxygen atoms in total. The van der Waals surface area contributed by atoms with E-state index in [0.717, 1.165) is 74.0 Å². The number of anilines is 1. The Balaban J connectivity index is 1.37. The van der Waals surface area contributed by atoms with Crippen molar-refractivity contribution in [2.24, 2.45) is 0 Å². The van der Waals surface area contributed by atoms with Gasteiger partial charge in [-0.25, -0.2) is 9.97 Å². The number of carbonyl (C=O) groups is 1. The molecule has 0 radical (unpaired) electrons. The predicted octanol–water partition coefficient (Wildman–Crippen LogP) is 5.28. The van der Waals surface area contributed by atoms with Crippen molar-refractivity contribution in [1.29, 1.82) is 0 Å². The zero-order valence-electron chi connectivity index (χ0n) is 22.4. The van der Waals surface area contributed by atoms with Crippen molar-refractivity contribution >= 4 is 33.3 Å². The molecule has 3 aromatic rings. The fourth-order valence-corrected chi connectivity index (χ4v) is 6.60. The van der Waals surface area contributed by atoms with Gasteiger partial charge in [0.25, 0.3) is 5.91 Å². The molecule has 1 amide bonds. The third-order valence-corrected chi connectivity index (χ3v) is 8.70. The molecule has 4 heterocycles. The number of amides is 1. The van der Waals surface area contributed by atoms with Crippen LogP contribution in [0.4, 0.5) is 5.82 Å². The maximum absolute atomic E-state index is 13.2. The highest BCUT2D eigenvalue weighted by Crippen LogP contribution is 2.39. The number of hydrogen-bond donors (Lipinski definition) is 0. The van der Waals surface area contributed by atoms with Gasteiger partial charge in [0.15, 0.2) is 0 Å². The second kappa shape index (κ2) is 10.1. The Kier molecular flexibility index (Phi) is 7.05. The highest BCUT2D eigenvalue weighted by atomic mass is 32.1. The number of rotatable bonds is 5. The van der Waals surface area contributed by atoms with E-state index in [-0.39, 0.29) is 11.3 Å². The quantitative estimate of drug-likeness (QED) is 0.472. The van der Waals surface area contributed by atoms with Gasteiger partial charge < -0.3 is 9.80 Å². The van der Waals surface area contributed by atoms with Gasteiger partial charge in [-0.05, 0) is 48.1 Å². The van der Waals surface area contributed by atoms with Crippen LogP contribution in [0.25, 0.3) is 10.2 Å². The summed E-state index contributed by atoms with van der Waals surface area (Å²) in [4.78, 5) is 32.8. The molecule has 36 heavy (non-hydrogen) atoms. The number of likely N-dealkylation sites (N-methyl/N-ethyl adjacent to an activating group) is 1. The van der Waals surface area contributed by atoms with E-state index < -0.39 is 0 Å². The molecule has 5 rings (SSSR count). The molecule has 2 aromatic heterocycles. The zero-order chi connectivity index (χ0) is 25.4. The Hall–Kier alpha value is -2.51. The summed E-state index contributed by atoms with van der Waals surface area (Å²) in [6.07, 6.45) is 3.00. The van der Waals surface area contributed by atoms with Crippen LogP contribution in [0, 0.1) is 0 Å². The van der Waals surface area contributed by atoms with E-state index in [1.165, 1.54) is 21.4 Å². The molecule has 0 saturated carbocycles. The largest absolute Gasteiger partial charge is 0.352 e. The molecular formula is C29H39N5OS. The molecule has 0 aliphatic carbocycles. The first-order valence-corrected chi connectivity index (χ1v) is 14.3. The number of aryl methyl sites for hydroxylation is 1. The smallest absolute Gasteiger partial charge is 0.253 e. The van der Waals surface area contributed by atoms with Gasteiger partial charge in [-0.3, -0.25) is 9.69 Å². The van der Waals surface area contributed by atoms with Crippen molar-refractivity contribution in [3.05, 3.63) is 51.7 Å². The fraction of sp³-hybridized carbons (Fsp3) is 0.552. The van der Waals surface area contributed by atoms with E-state index in [0.29, 0.717) is 13.1 Å². The fourth-order valence-electron chi connectivity index (χ4n) is 5.32. The first kappa shape index (κ1) is 25.2. The van der Waals surface area contributed by atoms with Gasteiger partial charge >= 0.3 is 0 Å². The van der Waals surface area contributed by atoms with Crippen molar-refractivity contribution in [2.75, 3.05) is 44.2 Å². The first-order valence-electron chi connectivity index (χ1n) is 13.5. The van der Waals surface area contributed by atoms with Gasteiger partial charge in [-0.1, -0.05) is 46.8 Å². The number of aromatic nitrogens is 2. The number of hydrogen-bond acceptors (Lipinski definition) is 6. The summed E-state index contributed by atoms with van der Waals surface area (Å²) < 4.78 is 0. The summed E-state index contributed by atoms with van der Waals surface area (Å²) in [6.45, 7) is 17.2. The standard InChI is InChI=1S/C29H39N5OS/c1-6-8-24-30-26(25-22-13-14-32(7-2)19-23(22)36-27(25)31-24)33-15-17-34(18-16-33)28(35)20-9-11-21(12-10-20)29(3,4)5/h9-12H,6-8,13-19H2,1-5H3. The van der Waals surface area contributed by atoms with Gasteiger partial charge in [0.1, 0.15) is 16.5 Å². The minimum absolute atomic E-state index is 0.0857. The lowest BCUT2D eigenvalue weighted by Crippen LogP contribution is -2.49. The van der Waals surface area contributed by atoms with Crippen LogP contribution in [0.2, 0.25) is 0 Å². The van der Waals surface area contributed by atoms with Gasteiger partial charge in [-0.15, -0.1) is 11.3 Å². The van der Waals surface area contributed by atoms with Gasteiger partial charge in [-0.2, -0.15) is 0 Å². The molecular weight excluding hydrogens is 466 g/mol. The minimum atomic E-state index is 0.0857. The molecule has 0 spiro atoms. The van der Waals surface area contributed by atoms with E-state index >= 15 is 0 Å². The number of thiophene rings is 1. The molecule has 2 aliphatic heterocycles. The molecule has 1 fully saturated rings. The van der Waals surface area contributed by atoms with Gasteiger partial charge in [0.2, 0.25) is 0 Å². The maximum atomic E-state index is 13.2. The zero-order valence-corrected chi connectivity index (χ0v) is 23.2. The molecule has 0 N–H and O–H groups in total. The Morgan fingerprint density at radius 2 is 1.72 bits per heavy atom. The topological polar surface area (TPSA) is 52.6 Å². The first-order chi connectivity index (χ1) is 17.3. The Morgan fingerprint density at radius 1 is 1.00 bits per heavy atom. The van der Waals surface area contributed by atoms with Crippen molar-refractivity contribution in [3.8, 4) is 0 Å². The molecule has 0 unspecified atom stereocenters. The van der Waals surface area contributed by atoms with Crippen LogP contribution in [-0.2, 0) is 24.8 Å². The van der Waals surface area contributed by atoms with Crippen molar-refractivity contribution in [1.82, 2.24) is 19.8 Å². The minimum Gasteiger partial charge on any atom is -0.352 e. The summed E-state index contributed by atoms with van der Waals surface area (Å²) >= 11 is 1.86. The molecule has 1 saturated heterocycles. The van der Waals surface area contributed by atoms with E-state index in [2.05, 4.69) is 56.6 Å². The third-order valence-electron chi connectivity index (χ3n) is 7.59. The van der Waals surface area contributed by atoms with Crippen LogP contribution in [0.1, 0.15) is 73.2 Å². The van der Waals surface area contributed by atoms with E-state index in [1.807, 2.05) is 28.4 Å². The Bertz CT molecular complexity index is 1240. The lowest BCUT2D eigenvalue weighted by Gasteiger charge is -2.36. The highest BCUT2D eigenvalue weighted by Gasteiger charge is 2.29. The second-order valence-electron chi connectivity index (χ2n) is 11.1. The number of piperazine rings is 1. The number of benzene rings is 1. The van der Waals surface area contributed by atoms with Gasteiger partial charge in [0.05, 0.1) is 5.39 Å². The predicted molar refractivity (Wildman–Crippen MR) is 149 cm³/mol. The normalized spacial score (nSPS) is 17.0. The number of fused-ring (bicyclic) bond motifs is 3. The molecule has 2 aliphatic rings. The van der Waals surface area contributed by atoms with E-state index in [4.69, 9.17) is 9.97 Å². The lowest BCUT2D eigenvalue weighted by atomic mass is 9.86. The van der Waals surface area contributed by atoms with Crippen LogP contribution in [0.3, 0.4) is 0 Å². The third kappa shape index (κ3) is 4.88. The molecule has 1 aromatic carbocycles. The Morgan fingerprint density at radius 3 is 2.36 bits per heavy atom. The van der Waals surface area contributed by atoms with Crippen LogP contribution in [0.5, 0.6) is 0 Å². The van der Waals surface area contributed by atoms with Crippen LogP contribution in [-0.4, -0.2) is 64.9 Å². The maximum Gasteiger partial charge on any atom is 0.253 e. The lowest BCUT2D eigenvalue weighted by molar-refractivity contribution is 0.0746. The van der Waals surface area contributed by atoms with Gasteiger partial charge in [0, 0.05) is 56.1 Å². The summed E-state index contributed by atoms with van der Waals surface area (Å²) in [6, 6.07) is 8.15. The monoisotopic (exact) mass is 505 g/mol. The van der Waals surface area contributed by atoms with Crippen LogP contribution < -0.4 is 4.90 Å². The number of nitrogens with zero attached hydrogens (tertiary/aromatic N) is 5. The highest BCUT2D eigenvalue weighted by molar-refractivity contribution is 7.19.